The Bertz CT molecular complexity index is 376. The molecule has 1 rings (SSSR count). The van der Waals surface area contributed by atoms with Gasteiger partial charge in [0, 0.05) is 24.4 Å². The normalized spacial score (nSPS) is 28.0. The van der Waals surface area contributed by atoms with E-state index in [-0.39, 0.29) is 17.9 Å². The van der Waals surface area contributed by atoms with E-state index in [4.69, 9.17) is 4.74 Å². The van der Waals surface area contributed by atoms with E-state index in [1.165, 1.54) is 0 Å². The second-order valence-electron chi connectivity index (χ2n) is 6.08. The summed E-state index contributed by atoms with van der Waals surface area (Å²) in [6.07, 6.45) is 1.63. The minimum atomic E-state index is -1.22. The molecule has 1 aliphatic carbocycles. The summed E-state index contributed by atoms with van der Waals surface area (Å²) in [5.41, 5.74) is -1.83. The molecule has 1 fully saturated rings. The van der Waals surface area contributed by atoms with Crippen LogP contribution in [0.3, 0.4) is 0 Å². The van der Waals surface area contributed by atoms with Crippen molar-refractivity contribution in [3.63, 3.8) is 0 Å². The quantitative estimate of drug-likeness (QED) is 0.752. The van der Waals surface area contributed by atoms with Crippen molar-refractivity contribution in [3.05, 3.63) is 0 Å². The average Bonchev–Trinajstić information content (AvgIpc) is 2.38. The number of nitrogens with one attached hydrogen (secondary N) is 1. The highest BCUT2D eigenvalue weighted by Crippen LogP contribution is 2.51. The first-order valence-electron chi connectivity index (χ1n) is 7.43. The van der Waals surface area contributed by atoms with Gasteiger partial charge in [0.1, 0.15) is 5.54 Å². The first-order chi connectivity index (χ1) is 9.26. The zero-order valence-corrected chi connectivity index (χ0v) is 13.2. The largest absolute Gasteiger partial charge is 0.479 e. The second-order valence-corrected chi connectivity index (χ2v) is 6.08. The molecule has 1 saturated carbocycles. The van der Waals surface area contributed by atoms with Gasteiger partial charge in [-0.2, -0.15) is 0 Å². The summed E-state index contributed by atoms with van der Waals surface area (Å²) in [4.78, 5) is 24.0. The third-order valence-electron chi connectivity index (χ3n) is 4.82. The van der Waals surface area contributed by atoms with Gasteiger partial charge in [-0.25, -0.2) is 4.79 Å². The third kappa shape index (κ3) is 2.55. The molecule has 1 aliphatic rings. The van der Waals surface area contributed by atoms with Gasteiger partial charge in [-0.05, 0) is 19.8 Å². The van der Waals surface area contributed by atoms with Crippen molar-refractivity contribution >= 4 is 11.9 Å². The first-order valence-corrected chi connectivity index (χ1v) is 7.43. The molecule has 0 saturated heterocycles. The zero-order chi connectivity index (χ0) is 15.6. The number of carbonyl (C=O) groups is 2. The Kier molecular flexibility index (Phi) is 5.19. The van der Waals surface area contributed by atoms with E-state index < -0.39 is 16.9 Å². The van der Waals surface area contributed by atoms with Crippen molar-refractivity contribution in [1.29, 1.82) is 0 Å². The van der Waals surface area contributed by atoms with Crippen molar-refractivity contribution in [2.75, 3.05) is 6.61 Å². The predicted molar refractivity (Wildman–Crippen MR) is 76.4 cm³/mol. The molecule has 5 heteroatoms. The van der Waals surface area contributed by atoms with Crippen LogP contribution in [0.2, 0.25) is 0 Å². The smallest absolute Gasteiger partial charge is 0.330 e. The van der Waals surface area contributed by atoms with Gasteiger partial charge in [-0.1, -0.05) is 27.7 Å². The molecule has 2 N–H and O–H groups in total. The van der Waals surface area contributed by atoms with E-state index in [1.807, 2.05) is 34.6 Å². The van der Waals surface area contributed by atoms with Crippen LogP contribution >= 0.6 is 0 Å². The van der Waals surface area contributed by atoms with Gasteiger partial charge in [0.2, 0.25) is 5.91 Å². The number of hydrogen-bond acceptors (Lipinski definition) is 3. The fraction of sp³-hybridized carbons (Fsp3) is 0.867. The van der Waals surface area contributed by atoms with Crippen LogP contribution in [-0.4, -0.2) is 35.2 Å². The molecule has 0 heterocycles. The van der Waals surface area contributed by atoms with Gasteiger partial charge in [-0.3, -0.25) is 4.79 Å². The lowest BCUT2D eigenvalue weighted by molar-refractivity contribution is -0.195. The van der Waals surface area contributed by atoms with Crippen molar-refractivity contribution in [3.8, 4) is 0 Å². The fourth-order valence-corrected chi connectivity index (χ4v) is 3.01. The van der Waals surface area contributed by atoms with Crippen LogP contribution in [0.4, 0.5) is 0 Å². The van der Waals surface area contributed by atoms with Crippen LogP contribution in [0.1, 0.15) is 53.9 Å². The van der Waals surface area contributed by atoms with Crippen LogP contribution < -0.4 is 5.32 Å². The molecule has 0 aromatic heterocycles. The number of carboxylic acid groups (broad SMARTS) is 1. The van der Waals surface area contributed by atoms with Crippen LogP contribution in [0.15, 0.2) is 0 Å². The Morgan fingerprint density at radius 2 is 1.85 bits per heavy atom. The number of aliphatic carboxylic acids is 1. The number of rotatable bonds is 7. The van der Waals surface area contributed by atoms with Crippen LogP contribution in [0.5, 0.6) is 0 Å². The Morgan fingerprint density at radius 1 is 1.30 bits per heavy atom. The lowest BCUT2D eigenvalue weighted by atomic mass is 9.54. The van der Waals surface area contributed by atoms with Crippen molar-refractivity contribution in [1.82, 2.24) is 5.32 Å². The number of hydrogen-bond donors (Lipinski definition) is 2. The van der Waals surface area contributed by atoms with Crippen LogP contribution in [-0.2, 0) is 14.3 Å². The summed E-state index contributed by atoms with van der Waals surface area (Å²) in [6, 6.07) is 0. The minimum Gasteiger partial charge on any atom is -0.479 e. The van der Waals surface area contributed by atoms with E-state index in [0.717, 1.165) is 0 Å². The predicted octanol–water partition coefficient (Wildman–Crippen LogP) is 2.20. The molecule has 116 valence electrons. The maximum Gasteiger partial charge on any atom is 0.330 e. The van der Waals surface area contributed by atoms with Gasteiger partial charge in [-0.15, -0.1) is 0 Å². The zero-order valence-electron chi connectivity index (χ0n) is 13.2. The number of amides is 1. The van der Waals surface area contributed by atoms with Crippen molar-refractivity contribution < 1.29 is 19.4 Å². The second kappa shape index (κ2) is 6.12. The third-order valence-corrected chi connectivity index (χ3v) is 4.82. The molecule has 20 heavy (non-hydrogen) atoms. The molecule has 0 aromatic rings. The van der Waals surface area contributed by atoms with Gasteiger partial charge in [0.15, 0.2) is 0 Å². The van der Waals surface area contributed by atoms with Crippen LogP contribution in [0.25, 0.3) is 0 Å². The number of carbonyl (C=O) groups excluding carboxylic acids is 1. The Hall–Kier alpha value is -1.10. The molecule has 2 unspecified atom stereocenters. The Balaban J connectivity index is 2.92. The summed E-state index contributed by atoms with van der Waals surface area (Å²) in [6.45, 7) is 10.0. The molecule has 0 spiro atoms. The van der Waals surface area contributed by atoms with Gasteiger partial charge in [0.05, 0.1) is 6.10 Å². The highest BCUT2D eigenvalue weighted by atomic mass is 16.5. The SMILES string of the molecule is CCOC1CC(NC(=O)C(CC)CC)(C(=O)O)C1(C)C. The first kappa shape index (κ1) is 17.0. The molecule has 2 atom stereocenters. The average molecular weight is 285 g/mol. The molecule has 0 bridgehead atoms. The van der Waals surface area contributed by atoms with Crippen molar-refractivity contribution in [2.45, 2.75) is 65.5 Å². The molecular weight excluding hydrogens is 258 g/mol. The Labute approximate surface area is 121 Å². The van der Waals surface area contributed by atoms with Gasteiger partial charge >= 0.3 is 5.97 Å². The standard InChI is InChI=1S/C15H27NO4/c1-6-10(7-2)12(17)16-15(13(18)19)9-11(20-8-3)14(15,4)5/h10-11H,6-9H2,1-5H3,(H,16,17)(H,18,19). The topological polar surface area (TPSA) is 75.6 Å². The summed E-state index contributed by atoms with van der Waals surface area (Å²) in [5, 5.41) is 12.4. The van der Waals surface area contributed by atoms with E-state index >= 15 is 0 Å². The number of ether oxygens (including phenoxy) is 1. The summed E-state index contributed by atoms with van der Waals surface area (Å²) in [7, 11) is 0. The maximum absolute atomic E-state index is 12.3. The molecule has 1 amide bonds. The molecule has 5 nitrogen and oxygen atoms in total. The molecule has 0 aliphatic heterocycles. The monoisotopic (exact) mass is 285 g/mol. The highest BCUT2D eigenvalue weighted by molar-refractivity contribution is 5.90. The Morgan fingerprint density at radius 3 is 2.20 bits per heavy atom. The lowest BCUT2D eigenvalue weighted by Crippen LogP contribution is -2.76. The molecule has 0 aromatic carbocycles. The van der Waals surface area contributed by atoms with E-state index in [1.54, 1.807) is 0 Å². The highest BCUT2D eigenvalue weighted by Gasteiger charge is 2.66. The van der Waals surface area contributed by atoms with Crippen molar-refractivity contribution in [2.24, 2.45) is 11.3 Å². The van der Waals surface area contributed by atoms with Crippen LogP contribution in [0, 0.1) is 11.3 Å². The molecule has 0 radical (unpaired) electrons. The number of carboxylic acids is 1. The summed E-state index contributed by atoms with van der Waals surface area (Å²) in [5.74, 6) is -1.27. The van der Waals surface area contributed by atoms with Gasteiger partial charge in [0.25, 0.3) is 0 Å². The lowest BCUT2D eigenvalue weighted by Gasteiger charge is -2.58. The minimum absolute atomic E-state index is 0.131. The molecular formula is C15H27NO4. The summed E-state index contributed by atoms with van der Waals surface area (Å²) >= 11 is 0. The van der Waals surface area contributed by atoms with E-state index in [2.05, 4.69) is 5.32 Å². The fourth-order valence-electron chi connectivity index (χ4n) is 3.01. The summed E-state index contributed by atoms with van der Waals surface area (Å²) < 4.78 is 5.58. The van der Waals surface area contributed by atoms with Gasteiger partial charge < -0.3 is 15.2 Å². The van der Waals surface area contributed by atoms with E-state index in [0.29, 0.717) is 25.9 Å². The maximum atomic E-state index is 12.3. The van der Waals surface area contributed by atoms with E-state index in [9.17, 15) is 14.7 Å².